The maximum Gasteiger partial charge on any atom is 0.191 e. The first-order valence-electron chi connectivity index (χ1n) is 7.50. The molecule has 2 N–H and O–H groups in total. The van der Waals surface area contributed by atoms with E-state index in [-0.39, 0.29) is 24.0 Å². The Labute approximate surface area is 139 Å². The van der Waals surface area contributed by atoms with Gasteiger partial charge in [-0.25, -0.2) is 0 Å². The van der Waals surface area contributed by atoms with Gasteiger partial charge < -0.3 is 20.3 Å². The van der Waals surface area contributed by atoms with E-state index in [1.165, 1.54) is 38.8 Å². The lowest BCUT2D eigenvalue weighted by Gasteiger charge is -2.32. The number of nitrogens with one attached hydrogen (secondary N) is 2. The Balaban J connectivity index is 0.00000200. The maximum absolute atomic E-state index is 5.13. The van der Waals surface area contributed by atoms with Crippen LogP contribution in [-0.2, 0) is 4.74 Å². The van der Waals surface area contributed by atoms with Crippen LogP contribution < -0.4 is 10.6 Å². The summed E-state index contributed by atoms with van der Waals surface area (Å²) < 4.78 is 5.13. The van der Waals surface area contributed by atoms with E-state index in [0.29, 0.717) is 6.04 Å². The van der Waals surface area contributed by atoms with Gasteiger partial charge in [-0.1, -0.05) is 0 Å². The van der Waals surface area contributed by atoms with Crippen molar-refractivity contribution in [2.45, 2.75) is 31.7 Å². The quantitative estimate of drug-likeness (QED) is 0.404. The van der Waals surface area contributed by atoms with Crippen LogP contribution in [-0.4, -0.2) is 63.8 Å². The smallest absolute Gasteiger partial charge is 0.191 e. The first-order valence-corrected chi connectivity index (χ1v) is 7.50. The second-order valence-electron chi connectivity index (χ2n) is 5.65. The van der Waals surface area contributed by atoms with E-state index in [0.717, 1.165) is 31.6 Å². The number of guanidine groups is 1. The topological polar surface area (TPSA) is 48.9 Å². The number of rotatable bonds is 6. The molecule has 5 nitrogen and oxygen atoms in total. The van der Waals surface area contributed by atoms with Gasteiger partial charge in [0, 0.05) is 33.3 Å². The van der Waals surface area contributed by atoms with Gasteiger partial charge in [0.1, 0.15) is 0 Å². The fourth-order valence-corrected chi connectivity index (χ4v) is 2.49. The van der Waals surface area contributed by atoms with Crippen LogP contribution in [0.3, 0.4) is 0 Å². The molecular formula is C14H29IN4O. The molecule has 2 rings (SSSR count). The van der Waals surface area contributed by atoms with Gasteiger partial charge in [0.2, 0.25) is 0 Å². The molecular weight excluding hydrogens is 367 g/mol. The normalized spacial score (nSPS) is 21.4. The van der Waals surface area contributed by atoms with Crippen LogP contribution >= 0.6 is 24.0 Å². The zero-order valence-electron chi connectivity index (χ0n) is 12.7. The monoisotopic (exact) mass is 396 g/mol. The van der Waals surface area contributed by atoms with Crippen LogP contribution in [0.2, 0.25) is 0 Å². The van der Waals surface area contributed by atoms with E-state index < -0.39 is 0 Å². The Hall–Kier alpha value is -0.0800. The van der Waals surface area contributed by atoms with Crippen LogP contribution in [0, 0.1) is 5.92 Å². The minimum atomic E-state index is 0. The van der Waals surface area contributed by atoms with Crippen molar-refractivity contribution in [3.8, 4) is 0 Å². The Kier molecular flexibility index (Phi) is 8.79. The Bertz CT molecular complexity index is 289. The molecule has 0 atom stereocenters. The molecule has 2 aliphatic rings. The minimum Gasteiger partial charge on any atom is -0.383 e. The van der Waals surface area contributed by atoms with Crippen LogP contribution in [0.25, 0.3) is 0 Å². The van der Waals surface area contributed by atoms with Gasteiger partial charge in [-0.3, -0.25) is 4.99 Å². The fourth-order valence-electron chi connectivity index (χ4n) is 2.49. The SMILES string of the molecule is CN=C(NCC1CCN(CCOC)CC1)NC1CC1.I. The molecule has 6 heteroatoms. The van der Waals surface area contributed by atoms with Crippen molar-refractivity contribution in [3.63, 3.8) is 0 Å². The molecule has 1 aliphatic carbocycles. The summed E-state index contributed by atoms with van der Waals surface area (Å²) in [6.45, 7) is 5.36. The number of aliphatic imine (C=N–C) groups is 1. The average Bonchev–Trinajstić information content (AvgIpc) is 3.26. The lowest BCUT2D eigenvalue weighted by atomic mass is 9.97. The molecule has 1 aliphatic heterocycles. The van der Waals surface area contributed by atoms with Crippen molar-refractivity contribution < 1.29 is 4.74 Å². The van der Waals surface area contributed by atoms with Crippen molar-refractivity contribution in [2.75, 3.05) is 46.9 Å². The van der Waals surface area contributed by atoms with Crippen molar-refractivity contribution in [1.29, 1.82) is 0 Å². The highest BCUT2D eigenvalue weighted by Gasteiger charge is 2.23. The maximum atomic E-state index is 5.13. The third-order valence-electron chi connectivity index (χ3n) is 4.02. The van der Waals surface area contributed by atoms with E-state index in [1.54, 1.807) is 7.11 Å². The number of piperidine rings is 1. The van der Waals surface area contributed by atoms with Crippen molar-refractivity contribution in [3.05, 3.63) is 0 Å². The first kappa shape index (κ1) is 18.0. The number of ether oxygens (including phenoxy) is 1. The lowest BCUT2D eigenvalue weighted by molar-refractivity contribution is 0.121. The van der Waals surface area contributed by atoms with E-state index in [1.807, 2.05) is 7.05 Å². The lowest BCUT2D eigenvalue weighted by Crippen LogP contribution is -2.43. The van der Waals surface area contributed by atoms with Crippen molar-refractivity contribution in [2.24, 2.45) is 10.9 Å². The molecule has 0 unspecified atom stereocenters. The van der Waals surface area contributed by atoms with Crippen LogP contribution in [0.15, 0.2) is 4.99 Å². The molecule has 0 radical (unpaired) electrons. The van der Waals surface area contributed by atoms with Crippen LogP contribution in [0.1, 0.15) is 25.7 Å². The first-order chi connectivity index (χ1) is 9.31. The number of likely N-dealkylation sites (tertiary alicyclic amines) is 1. The summed E-state index contributed by atoms with van der Waals surface area (Å²) in [5.41, 5.74) is 0. The van der Waals surface area contributed by atoms with Crippen LogP contribution in [0.4, 0.5) is 0 Å². The summed E-state index contributed by atoms with van der Waals surface area (Å²) in [6.07, 6.45) is 5.13. The molecule has 20 heavy (non-hydrogen) atoms. The van der Waals surface area contributed by atoms with E-state index in [4.69, 9.17) is 4.74 Å². The van der Waals surface area contributed by atoms with Crippen molar-refractivity contribution >= 4 is 29.9 Å². The Morgan fingerprint density at radius 1 is 1.25 bits per heavy atom. The Morgan fingerprint density at radius 3 is 2.50 bits per heavy atom. The number of methoxy groups -OCH3 is 1. The van der Waals surface area contributed by atoms with Gasteiger partial charge in [0.25, 0.3) is 0 Å². The Morgan fingerprint density at radius 2 is 1.95 bits per heavy atom. The highest BCUT2D eigenvalue weighted by atomic mass is 127. The van der Waals surface area contributed by atoms with Gasteiger partial charge >= 0.3 is 0 Å². The van der Waals surface area contributed by atoms with E-state index in [9.17, 15) is 0 Å². The molecule has 0 aromatic rings. The molecule has 1 heterocycles. The number of nitrogens with zero attached hydrogens (tertiary/aromatic N) is 2. The van der Waals surface area contributed by atoms with E-state index in [2.05, 4.69) is 20.5 Å². The molecule has 0 aromatic carbocycles. The summed E-state index contributed by atoms with van der Waals surface area (Å²) in [5, 5.41) is 6.89. The standard InChI is InChI=1S/C14H28N4O.HI/c1-15-14(17-13-3-4-13)16-11-12-5-7-18(8-6-12)9-10-19-2;/h12-13H,3-11H2,1-2H3,(H2,15,16,17);1H. The molecule has 0 amide bonds. The molecule has 1 saturated heterocycles. The summed E-state index contributed by atoms with van der Waals surface area (Å²) in [4.78, 5) is 6.77. The molecule has 1 saturated carbocycles. The highest BCUT2D eigenvalue weighted by molar-refractivity contribution is 14.0. The number of hydrogen-bond acceptors (Lipinski definition) is 3. The second kappa shape index (κ2) is 9.78. The van der Waals surface area contributed by atoms with Crippen LogP contribution in [0.5, 0.6) is 0 Å². The van der Waals surface area contributed by atoms with E-state index >= 15 is 0 Å². The predicted octanol–water partition coefficient (Wildman–Crippen LogP) is 1.29. The summed E-state index contributed by atoms with van der Waals surface area (Å²) in [5.74, 6) is 1.75. The molecule has 0 spiro atoms. The zero-order chi connectivity index (χ0) is 13.5. The van der Waals surface area contributed by atoms with Gasteiger partial charge in [-0.15, -0.1) is 24.0 Å². The average molecular weight is 396 g/mol. The molecule has 2 fully saturated rings. The van der Waals surface area contributed by atoms with Crippen molar-refractivity contribution in [1.82, 2.24) is 15.5 Å². The number of hydrogen-bond donors (Lipinski definition) is 2. The summed E-state index contributed by atoms with van der Waals surface area (Å²) >= 11 is 0. The molecule has 0 aromatic heterocycles. The summed E-state index contributed by atoms with van der Waals surface area (Å²) in [6, 6.07) is 0.669. The zero-order valence-corrected chi connectivity index (χ0v) is 15.1. The van der Waals surface area contributed by atoms with Gasteiger partial charge in [0.05, 0.1) is 6.61 Å². The predicted molar refractivity (Wildman–Crippen MR) is 94.0 cm³/mol. The second-order valence-corrected chi connectivity index (χ2v) is 5.65. The fraction of sp³-hybridized carbons (Fsp3) is 0.929. The third-order valence-corrected chi connectivity index (χ3v) is 4.02. The number of halogens is 1. The molecule has 0 bridgehead atoms. The highest BCUT2D eigenvalue weighted by Crippen LogP contribution is 2.19. The van der Waals surface area contributed by atoms with Gasteiger partial charge in [-0.2, -0.15) is 0 Å². The minimum absolute atomic E-state index is 0. The summed E-state index contributed by atoms with van der Waals surface area (Å²) in [7, 11) is 3.63. The van der Waals surface area contributed by atoms with Gasteiger partial charge in [0.15, 0.2) is 5.96 Å². The van der Waals surface area contributed by atoms with Gasteiger partial charge in [-0.05, 0) is 44.7 Å². The largest absolute Gasteiger partial charge is 0.383 e. The third kappa shape index (κ3) is 6.58. The molecule has 118 valence electrons.